The molecule has 2 nitrogen and oxygen atoms in total. The van der Waals surface area contributed by atoms with Crippen molar-refractivity contribution in [2.24, 2.45) is 0 Å². The van der Waals surface area contributed by atoms with Crippen LogP contribution >= 0.6 is 11.8 Å². The quantitative estimate of drug-likeness (QED) is 0.489. The summed E-state index contributed by atoms with van der Waals surface area (Å²) in [6, 6.07) is 3.84. The summed E-state index contributed by atoms with van der Waals surface area (Å²) in [5, 5.41) is 0. The molecule has 26 heavy (non-hydrogen) atoms. The maximum absolute atomic E-state index is 13.8. The topological polar surface area (TPSA) is 26.3 Å². The molecule has 138 valence electrons. The molecule has 0 saturated heterocycles. The van der Waals surface area contributed by atoms with Crippen molar-refractivity contribution in [2.75, 3.05) is 0 Å². The van der Waals surface area contributed by atoms with E-state index in [4.69, 9.17) is 4.74 Å². The van der Waals surface area contributed by atoms with E-state index in [0.717, 1.165) is 24.3 Å². The minimum Gasteiger partial charge on any atom is -0.457 e. The number of carbonyl (C=O) groups excluding carboxylic acids is 1. The van der Waals surface area contributed by atoms with E-state index in [0.29, 0.717) is 6.07 Å². The molecule has 2 aromatic rings. The lowest BCUT2D eigenvalue weighted by atomic mass is 10.1. The van der Waals surface area contributed by atoms with Gasteiger partial charge in [0.25, 0.3) is 0 Å². The third-order valence-corrected chi connectivity index (χ3v) is 4.27. The second-order valence-electron chi connectivity index (χ2n) is 5.38. The number of fused-ring (bicyclic) bond motifs is 1. The van der Waals surface area contributed by atoms with E-state index in [9.17, 15) is 35.5 Å². The van der Waals surface area contributed by atoms with Crippen molar-refractivity contribution in [3.05, 3.63) is 53.1 Å². The maximum atomic E-state index is 13.8. The Hall–Kier alpha value is -2.23. The zero-order valence-electron chi connectivity index (χ0n) is 12.5. The second kappa shape index (κ2) is 6.19. The summed E-state index contributed by atoms with van der Waals surface area (Å²) >= 11 is -0.699. The fourth-order valence-electron chi connectivity index (χ4n) is 2.54. The highest BCUT2D eigenvalue weighted by molar-refractivity contribution is 8.00. The first-order valence-corrected chi connectivity index (χ1v) is 7.76. The molecular weight excluding hydrogens is 389 g/mol. The van der Waals surface area contributed by atoms with Gasteiger partial charge in [0, 0.05) is 40.6 Å². The molecule has 1 aliphatic rings. The number of ether oxygens (including phenoxy) is 1. The number of carbonyl (C=O) groups is 1. The Bertz CT molecular complexity index is 873. The van der Waals surface area contributed by atoms with Gasteiger partial charge in [0.05, 0.1) is 0 Å². The number of alkyl halides is 5. The highest BCUT2D eigenvalue weighted by Crippen LogP contribution is 2.48. The molecule has 0 aromatic heterocycles. The number of halogens is 7. The summed E-state index contributed by atoms with van der Waals surface area (Å²) in [4.78, 5) is 11.1. The zero-order chi connectivity index (χ0) is 19.3. The van der Waals surface area contributed by atoms with E-state index in [1.54, 1.807) is 0 Å². The van der Waals surface area contributed by atoms with E-state index in [1.807, 2.05) is 0 Å². The first kappa shape index (κ1) is 18.6. The first-order chi connectivity index (χ1) is 12.0. The van der Waals surface area contributed by atoms with Crippen molar-refractivity contribution in [2.45, 2.75) is 22.7 Å². The normalized spacial score (nSPS) is 15.9. The van der Waals surface area contributed by atoms with Crippen LogP contribution < -0.4 is 4.74 Å². The summed E-state index contributed by atoms with van der Waals surface area (Å²) in [6.07, 6.45) is -1.17. The standard InChI is InChI=1S/C16H7F7O2S/c17-7-3-8(18)5-9(4-7)25-11-1-2-12(26-16(21,22)23)13-10(11)6-15(19,20)14(13)24/h1-5H,6H2. The van der Waals surface area contributed by atoms with Crippen LogP contribution in [0.25, 0.3) is 0 Å². The number of rotatable bonds is 3. The Morgan fingerprint density at radius 1 is 1.04 bits per heavy atom. The fourth-order valence-corrected chi connectivity index (χ4v) is 3.24. The van der Waals surface area contributed by atoms with Gasteiger partial charge in [-0.1, -0.05) is 0 Å². The van der Waals surface area contributed by atoms with Crippen molar-refractivity contribution in [3.8, 4) is 11.5 Å². The van der Waals surface area contributed by atoms with Crippen LogP contribution in [0.1, 0.15) is 15.9 Å². The van der Waals surface area contributed by atoms with Gasteiger partial charge >= 0.3 is 11.4 Å². The van der Waals surface area contributed by atoms with Crippen LogP contribution in [-0.2, 0) is 6.42 Å². The van der Waals surface area contributed by atoms with Crippen LogP contribution in [0.4, 0.5) is 30.7 Å². The van der Waals surface area contributed by atoms with Gasteiger partial charge in [0.15, 0.2) is 0 Å². The number of hydrogen-bond donors (Lipinski definition) is 0. The average Bonchev–Trinajstić information content (AvgIpc) is 2.70. The van der Waals surface area contributed by atoms with E-state index in [2.05, 4.69) is 0 Å². The van der Waals surface area contributed by atoms with Crippen LogP contribution in [0.5, 0.6) is 11.5 Å². The lowest BCUT2D eigenvalue weighted by molar-refractivity contribution is -0.0328. The van der Waals surface area contributed by atoms with Crippen molar-refractivity contribution in [1.29, 1.82) is 0 Å². The monoisotopic (exact) mass is 396 g/mol. The third kappa shape index (κ3) is 3.64. The van der Waals surface area contributed by atoms with Gasteiger partial charge in [0.1, 0.15) is 23.1 Å². The molecule has 3 rings (SSSR count). The van der Waals surface area contributed by atoms with Crippen LogP contribution in [-0.4, -0.2) is 17.2 Å². The number of hydrogen-bond acceptors (Lipinski definition) is 3. The van der Waals surface area contributed by atoms with Gasteiger partial charge in [-0.3, -0.25) is 4.79 Å². The third-order valence-electron chi connectivity index (χ3n) is 3.48. The van der Waals surface area contributed by atoms with E-state index in [-0.39, 0.29) is 11.5 Å². The van der Waals surface area contributed by atoms with E-state index < -0.39 is 63.1 Å². The predicted octanol–water partition coefficient (Wildman–Crippen LogP) is 5.74. The number of benzene rings is 2. The van der Waals surface area contributed by atoms with Crippen molar-refractivity contribution >= 4 is 17.5 Å². The van der Waals surface area contributed by atoms with Crippen molar-refractivity contribution in [3.63, 3.8) is 0 Å². The summed E-state index contributed by atoms with van der Waals surface area (Å²) in [6.45, 7) is 0. The Labute approximate surface area is 145 Å². The summed E-state index contributed by atoms with van der Waals surface area (Å²) < 4.78 is 97.0. The summed E-state index contributed by atoms with van der Waals surface area (Å²) in [5.41, 5.74) is -6.04. The van der Waals surface area contributed by atoms with Gasteiger partial charge in [-0.05, 0) is 23.9 Å². The molecule has 0 fully saturated rings. The minimum absolute atomic E-state index is 0.373. The number of ketones is 1. The van der Waals surface area contributed by atoms with Crippen molar-refractivity contribution in [1.82, 2.24) is 0 Å². The molecule has 0 spiro atoms. The lowest BCUT2D eigenvalue weighted by Crippen LogP contribution is -2.24. The van der Waals surface area contributed by atoms with Crippen molar-refractivity contribution < 1.29 is 40.3 Å². The molecule has 0 unspecified atom stereocenters. The zero-order valence-corrected chi connectivity index (χ0v) is 13.3. The van der Waals surface area contributed by atoms with Crippen LogP contribution in [0.3, 0.4) is 0 Å². The van der Waals surface area contributed by atoms with Gasteiger partial charge in [0.2, 0.25) is 5.78 Å². The second-order valence-corrected chi connectivity index (χ2v) is 6.49. The molecule has 0 radical (unpaired) electrons. The van der Waals surface area contributed by atoms with Crippen LogP contribution in [0, 0.1) is 11.6 Å². The minimum atomic E-state index is -4.79. The highest BCUT2D eigenvalue weighted by atomic mass is 32.2. The predicted molar refractivity (Wildman–Crippen MR) is 77.8 cm³/mol. The molecule has 0 aliphatic heterocycles. The Morgan fingerprint density at radius 2 is 1.65 bits per heavy atom. The summed E-state index contributed by atoms with van der Waals surface area (Å²) in [5.74, 6) is -8.40. The highest BCUT2D eigenvalue weighted by Gasteiger charge is 2.50. The van der Waals surface area contributed by atoms with Gasteiger partial charge in [-0.15, -0.1) is 0 Å². The molecule has 0 amide bonds. The SMILES string of the molecule is O=C1c2c(SC(F)(F)F)ccc(Oc3cc(F)cc(F)c3)c2CC1(F)F. The Morgan fingerprint density at radius 3 is 2.23 bits per heavy atom. The first-order valence-electron chi connectivity index (χ1n) is 6.94. The Balaban J connectivity index is 2.07. The Kier molecular flexibility index (Phi) is 4.41. The van der Waals surface area contributed by atoms with E-state index in [1.165, 1.54) is 0 Å². The van der Waals surface area contributed by atoms with Crippen LogP contribution in [0.15, 0.2) is 35.2 Å². The van der Waals surface area contributed by atoms with Crippen LogP contribution in [0.2, 0.25) is 0 Å². The average molecular weight is 396 g/mol. The number of thioether (sulfide) groups is 1. The lowest BCUT2D eigenvalue weighted by Gasteiger charge is -2.13. The smallest absolute Gasteiger partial charge is 0.446 e. The molecule has 2 aromatic carbocycles. The van der Waals surface area contributed by atoms with Gasteiger partial charge in [-0.25, -0.2) is 8.78 Å². The van der Waals surface area contributed by atoms with Gasteiger partial charge in [-0.2, -0.15) is 22.0 Å². The molecule has 0 N–H and O–H groups in total. The maximum Gasteiger partial charge on any atom is 0.446 e. The van der Waals surface area contributed by atoms with Gasteiger partial charge < -0.3 is 4.74 Å². The fraction of sp³-hybridized carbons (Fsp3) is 0.188. The molecule has 0 heterocycles. The summed E-state index contributed by atoms with van der Waals surface area (Å²) in [7, 11) is 0. The molecule has 0 bridgehead atoms. The molecule has 0 atom stereocenters. The number of Topliss-reactive ketones (excluding diaryl/α,β-unsaturated/α-hetero) is 1. The molecule has 10 heteroatoms. The molecule has 1 aliphatic carbocycles. The van der Waals surface area contributed by atoms with E-state index >= 15 is 0 Å². The largest absolute Gasteiger partial charge is 0.457 e. The molecular formula is C16H7F7O2S. The molecule has 0 saturated carbocycles.